The number of hydrogen-bond donors (Lipinski definition) is 2. The Morgan fingerprint density at radius 3 is 2.83 bits per heavy atom. The maximum absolute atomic E-state index is 11.1. The third kappa shape index (κ3) is 2.32. The van der Waals surface area contributed by atoms with Gasteiger partial charge in [-0.25, -0.2) is 9.78 Å². The summed E-state index contributed by atoms with van der Waals surface area (Å²) in [5, 5.41) is 9.29. The molecule has 0 aliphatic carbocycles. The van der Waals surface area contributed by atoms with Crippen molar-refractivity contribution < 1.29 is 14.6 Å². The number of nitrogen functional groups attached to an aromatic ring is 1. The Kier molecular flexibility index (Phi) is 3.53. The second-order valence-electron chi connectivity index (χ2n) is 3.38. The molecule has 0 unspecified atom stereocenters. The fraction of sp³-hybridized carbons (Fsp3) is 0.0909. The Morgan fingerprint density at radius 2 is 2.28 bits per heavy atom. The molecule has 0 atom stereocenters. The highest BCUT2D eigenvalue weighted by Crippen LogP contribution is 2.36. The lowest BCUT2D eigenvalue weighted by Crippen LogP contribution is -1.99. The van der Waals surface area contributed by atoms with Crippen molar-refractivity contribution in [3.8, 4) is 16.2 Å². The molecule has 5 nitrogen and oxygen atoms in total. The summed E-state index contributed by atoms with van der Waals surface area (Å²) < 4.78 is 5.86. The number of halogens is 1. The quantitative estimate of drug-likeness (QED) is 0.904. The van der Waals surface area contributed by atoms with Crippen LogP contribution in [0.15, 0.2) is 22.7 Å². The summed E-state index contributed by atoms with van der Waals surface area (Å²) in [7, 11) is 1.56. The lowest BCUT2D eigenvalue weighted by atomic mass is 10.1. The Balaban J connectivity index is 2.55. The number of thiazole rings is 1. The summed E-state index contributed by atoms with van der Waals surface area (Å²) in [6.45, 7) is 0. The van der Waals surface area contributed by atoms with Gasteiger partial charge in [0.25, 0.3) is 0 Å². The predicted molar refractivity (Wildman–Crippen MR) is 73.2 cm³/mol. The first-order valence-electron chi connectivity index (χ1n) is 4.86. The highest BCUT2D eigenvalue weighted by atomic mass is 79.9. The van der Waals surface area contributed by atoms with Gasteiger partial charge in [-0.15, -0.1) is 0 Å². The monoisotopic (exact) mass is 328 g/mol. The molecule has 0 amide bonds. The largest absolute Gasteiger partial charge is 0.496 e. The number of carboxylic acids is 1. The minimum absolute atomic E-state index is 0.0328. The first-order chi connectivity index (χ1) is 8.52. The van der Waals surface area contributed by atoms with E-state index in [-0.39, 0.29) is 10.8 Å². The minimum Gasteiger partial charge on any atom is -0.496 e. The van der Waals surface area contributed by atoms with E-state index < -0.39 is 5.97 Å². The molecular formula is C11H9BrN2O3S. The van der Waals surface area contributed by atoms with Crippen molar-refractivity contribution in [3.05, 3.63) is 28.4 Å². The molecule has 0 spiro atoms. The van der Waals surface area contributed by atoms with E-state index in [1.165, 1.54) is 0 Å². The van der Waals surface area contributed by atoms with E-state index in [4.69, 9.17) is 15.6 Å². The highest BCUT2D eigenvalue weighted by Gasteiger charge is 2.18. The van der Waals surface area contributed by atoms with Crippen LogP contribution in [0.4, 0.5) is 5.13 Å². The van der Waals surface area contributed by atoms with Crippen LogP contribution in [0.5, 0.6) is 5.75 Å². The normalized spacial score (nSPS) is 10.3. The lowest BCUT2D eigenvalue weighted by Gasteiger charge is -2.05. The van der Waals surface area contributed by atoms with Crippen molar-refractivity contribution in [2.75, 3.05) is 12.8 Å². The number of rotatable bonds is 3. The van der Waals surface area contributed by atoms with Crippen LogP contribution in [-0.4, -0.2) is 23.2 Å². The number of methoxy groups -OCH3 is 1. The number of carboxylic acid groups (broad SMARTS) is 1. The third-order valence-electron chi connectivity index (χ3n) is 2.26. The number of benzene rings is 1. The third-order valence-corrected chi connectivity index (χ3v) is 3.81. The summed E-state index contributed by atoms with van der Waals surface area (Å²) in [6.07, 6.45) is 0. The van der Waals surface area contributed by atoms with E-state index in [1.54, 1.807) is 25.3 Å². The average Bonchev–Trinajstić information content (AvgIpc) is 2.71. The van der Waals surface area contributed by atoms with E-state index in [9.17, 15) is 4.79 Å². The molecule has 0 saturated carbocycles. The maximum atomic E-state index is 11.1. The molecule has 2 aromatic rings. The molecule has 94 valence electrons. The van der Waals surface area contributed by atoms with Gasteiger partial charge in [-0.2, -0.15) is 0 Å². The molecule has 0 saturated heterocycles. The zero-order valence-corrected chi connectivity index (χ0v) is 11.7. The Bertz CT molecular complexity index is 612. The summed E-state index contributed by atoms with van der Waals surface area (Å²) in [5.41, 5.74) is 6.25. The van der Waals surface area contributed by atoms with Crippen LogP contribution in [0, 0.1) is 0 Å². The number of aromatic carboxylic acids is 1. The zero-order valence-electron chi connectivity index (χ0n) is 9.31. The van der Waals surface area contributed by atoms with Crippen LogP contribution in [0.1, 0.15) is 10.5 Å². The SMILES string of the molecule is COc1ccc(-c2sc(N)nc2C(=O)O)cc1Br. The number of anilines is 1. The van der Waals surface area contributed by atoms with E-state index in [0.717, 1.165) is 21.4 Å². The molecular weight excluding hydrogens is 320 g/mol. The van der Waals surface area contributed by atoms with Crippen molar-refractivity contribution in [1.29, 1.82) is 0 Å². The van der Waals surface area contributed by atoms with Gasteiger partial charge in [0.15, 0.2) is 10.8 Å². The van der Waals surface area contributed by atoms with Gasteiger partial charge in [-0.05, 0) is 39.7 Å². The van der Waals surface area contributed by atoms with Gasteiger partial charge in [-0.3, -0.25) is 0 Å². The fourth-order valence-corrected chi connectivity index (χ4v) is 2.85. The van der Waals surface area contributed by atoms with E-state index >= 15 is 0 Å². The van der Waals surface area contributed by atoms with Gasteiger partial charge in [0.1, 0.15) is 5.75 Å². The van der Waals surface area contributed by atoms with E-state index in [0.29, 0.717) is 10.6 Å². The van der Waals surface area contributed by atoms with Gasteiger partial charge in [-0.1, -0.05) is 11.3 Å². The highest BCUT2D eigenvalue weighted by molar-refractivity contribution is 9.10. The van der Waals surface area contributed by atoms with Crippen molar-refractivity contribution in [2.24, 2.45) is 0 Å². The van der Waals surface area contributed by atoms with E-state index in [1.807, 2.05) is 0 Å². The van der Waals surface area contributed by atoms with Crippen molar-refractivity contribution in [1.82, 2.24) is 4.98 Å². The van der Waals surface area contributed by atoms with E-state index in [2.05, 4.69) is 20.9 Å². The second kappa shape index (κ2) is 4.95. The van der Waals surface area contributed by atoms with Gasteiger partial charge in [0.2, 0.25) is 0 Å². The number of ether oxygens (including phenoxy) is 1. The van der Waals surface area contributed by atoms with Crippen molar-refractivity contribution in [3.63, 3.8) is 0 Å². The summed E-state index contributed by atoms with van der Waals surface area (Å²) in [4.78, 5) is 15.4. The molecule has 0 fully saturated rings. The van der Waals surface area contributed by atoms with Gasteiger partial charge < -0.3 is 15.6 Å². The number of nitrogens with zero attached hydrogens (tertiary/aromatic N) is 1. The van der Waals surface area contributed by atoms with Crippen molar-refractivity contribution >= 4 is 38.4 Å². The number of hydrogen-bond acceptors (Lipinski definition) is 5. The standard InChI is InChI=1S/C11H9BrN2O3S/c1-17-7-3-2-5(4-6(7)12)9-8(10(15)16)14-11(13)18-9/h2-4H,1H3,(H2,13,14)(H,15,16). The first kappa shape index (κ1) is 12.8. The van der Waals surface area contributed by atoms with Gasteiger partial charge >= 0.3 is 5.97 Å². The Morgan fingerprint density at radius 1 is 1.56 bits per heavy atom. The molecule has 7 heteroatoms. The molecule has 1 heterocycles. The zero-order chi connectivity index (χ0) is 13.3. The van der Waals surface area contributed by atoms with Crippen molar-refractivity contribution in [2.45, 2.75) is 0 Å². The molecule has 1 aromatic heterocycles. The molecule has 3 N–H and O–H groups in total. The number of aromatic nitrogens is 1. The average molecular weight is 329 g/mol. The lowest BCUT2D eigenvalue weighted by molar-refractivity contribution is 0.0692. The molecule has 18 heavy (non-hydrogen) atoms. The smallest absolute Gasteiger partial charge is 0.356 e. The topological polar surface area (TPSA) is 85.4 Å². The van der Waals surface area contributed by atoms with Crippen LogP contribution >= 0.6 is 27.3 Å². The molecule has 0 aliphatic rings. The van der Waals surface area contributed by atoms with Gasteiger partial charge in [0.05, 0.1) is 16.5 Å². The van der Waals surface area contributed by atoms with Crippen LogP contribution in [-0.2, 0) is 0 Å². The molecule has 0 radical (unpaired) electrons. The molecule has 0 aliphatic heterocycles. The summed E-state index contributed by atoms with van der Waals surface area (Å²) in [6, 6.07) is 5.29. The molecule has 0 bridgehead atoms. The first-order valence-corrected chi connectivity index (χ1v) is 6.47. The minimum atomic E-state index is -1.09. The predicted octanol–water partition coefficient (Wildman–Crippen LogP) is 2.86. The van der Waals surface area contributed by atoms with Crippen LogP contribution < -0.4 is 10.5 Å². The molecule has 2 rings (SSSR count). The number of carbonyl (C=O) groups is 1. The molecule has 1 aromatic carbocycles. The van der Waals surface area contributed by atoms with Crippen LogP contribution in [0.25, 0.3) is 10.4 Å². The van der Waals surface area contributed by atoms with Gasteiger partial charge in [0, 0.05) is 0 Å². The second-order valence-corrected chi connectivity index (χ2v) is 5.27. The Hall–Kier alpha value is -1.60. The summed E-state index contributed by atoms with van der Waals surface area (Å²) in [5.74, 6) is -0.419. The number of nitrogens with two attached hydrogens (primary N) is 1. The van der Waals surface area contributed by atoms with Crippen LogP contribution in [0.3, 0.4) is 0 Å². The maximum Gasteiger partial charge on any atom is 0.356 e. The summed E-state index contributed by atoms with van der Waals surface area (Å²) >= 11 is 4.50. The van der Waals surface area contributed by atoms with Crippen LogP contribution in [0.2, 0.25) is 0 Å². The fourth-order valence-electron chi connectivity index (χ4n) is 1.48. The Labute approximate surface area is 115 Å².